The largest absolute Gasteiger partial charge is 0.395 e. The van der Waals surface area contributed by atoms with Gasteiger partial charge in [-0.1, -0.05) is 25.7 Å². The highest BCUT2D eigenvalue weighted by molar-refractivity contribution is 4.88. The van der Waals surface area contributed by atoms with E-state index in [4.69, 9.17) is 5.73 Å². The molecule has 3 N–H and O–H groups in total. The molecule has 0 amide bonds. The second-order valence-corrected chi connectivity index (χ2v) is 5.77. The van der Waals surface area contributed by atoms with Gasteiger partial charge >= 0.3 is 0 Å². The number of rotatable bonds is 3. The van der Waals surface area contributed by atoms with Gasteiger partial charge in [0.25, 0.3) is 0 Å². The van der Waals surface area contributed by atoms with Crippen LogP contribution in [0.4, 0.5) is 0 Å². The Morgan fingerprint density at radius 1 is 1.00 bits per heavy atom. The van der Waals surface area contributed by atoms with E-state index in [1.54, 1.807) is 0 Å². The van der Waals surface area contributed by atoms with Crippen LogP contribution in [0.2, 0.25) is 0 Å². The third-order valence-electron chi connectivity index (χ3n) is 4.73. The number of hydrogen-bond donors (Lipinski definition) is 2. The molecule has 3 heteroatoms. The van der Waals surface area contributed by atoms with E-state index in [0.717, 1.165) is 6.54 Å². The van der Waals surface area contributed by atoms with Gasteiger partial charge in [0.2, 0.25) is 0 Å². The van der Waals surface area contributed by atoms with Crippen LogP contribution in [-0.2, 0) is 0 Å². The van der Waals surface area contributed by atoms with Gasteiger partial charge < -0.3 is 10.8 Å². The van der Waals surface area contributed by atoms with E-state index in [1.165, 1.54) is 57.9 Å². The Hall–Kier alpha value is -0.120. The average Bonchev–Trinajstić information content (AvgIpc) is 2.63. The van der Waals surface area contributed by atoms with E-state index < -0.39 is 0 Å². The van der Waals surface area contributed by atoms with Crippen LogP contribution in [0.1, 0.15) is 51.4 Å². The number of likely N-dealkylation sites (tertiary alicyclic amines) is 1. The summed E-state index contributed by atoms with van der Waals surface area (Å²) in [4.78, 5) is 2.59. The molecule has 0 spiro atoms. The highest BCUT2D eigenvalue weighted by atomic mass is 16.3. The Morgan fingerprint density at radius 3 is 2.53 bits per heavy atom. The molecule has 1 heterocycles. The first-order valence-corrected chi connectivity index (χ1v) is 7.43. The van der Waals surface area contributed by atoms with Crippen LogP contribution >= 0.6 is 0 Å². The first-order chi connectivity index (χ1) is 8.36. The molecule has 3 atom stereocenters. The van der Waals surface area contributed by atoms with Crippen LogP contribution < -0.4 is 5.73 Å². The van der Waals surface area contributed by atoms with E-state index in [0.29, 0.717) is 24.6 Å². The molecule has 2 rings (SSSR count). The molecule has 1 saturated heterocycles. The molecule has 0 aromatic carbocycles. The minimum absolute atomic E-state index is 0.327. The van der Waals surface area contributed by atoms with E-state index in [9.17, 15) is 5.11 Å². The maximum atomic E-state index is 9.55. The van der Waals surface area contributed by atoms with Gasteiger partial charge in [-0.25, -0.2) is 0 Å². The van der Waals surface area contributed by atoms with Gasteiger partial charge in [0, 0.05) is 12.1 Å². The molecule has 3 unspecified atom stereocenters. The van der Waals surface area contributed by atoms with Crippen LogP contribution in [0, 0.1) is 5.92 Å². The smallest absolute Gasteiger partial charge is 0.0586 e. The summed E-state index contributed by atoms with van der Waals surface area (Å²) < 4.78 is 0. The summed E-state index contributed by atoms with van der Waals surface area (Å²) in [5.41, 5.74) is 5.97. The Morgan fingerprint density at radius 2 is 1.76 bits per heavy atom. The molecule has 2 aliphatic rings. The van der Waals surface area contributed by atoms with Crippen LogP contribution in [-0.4, -0.2) is 41.8 Å². The van der Waals surface area contributed by atoms with Gasteiger partial charge in [0.15, 0.2) is 0 Å². The fourth-order valence-corrected chi connectivity index (χ4v) is 3.73. The van der Waals surface area contributed by atoms with Crippen LogP contribution in [0.25, 0.3) is 0 Å². The second kappa shape index (κ2) is 6.72. The van der Waals surface area contributed by atoms with E-state index in [1.807, 2.05) is 0 Å². The number of nitrogens with zero attached hydrogens (tertiary/aromatic N) is 1. The lowest BCUT2D eigenvalue weighted by Crippen LogP contribution is -2.51. The minimum Gasteiger partial charge on any atom is -0.395 e. The second-order valence-electron chi connectivity index (χ2n) is 5.77. The van der Waals surface area contributed by atoms with Crippen molar-refractivity contribution in [1.82, 2.24) is 4.90 Å². The molecule has 100 valence electrons. The van der Waals surface area contributed by atoms with Crippen molar-refractivity contribution in [2.45, 2.75) is 63.5 Å². The Kier molecular flexibility index (Phi) is 5.26. The van der Waals surface area contributed by atoms with Crippen molar-refractivity contribution in [1.29, 1.82) is 0 Å². The number of aliphatic hydroxyl groups is 1. The Balaban J connectivity index is 2.04. The monoisotopic (exact) mass is 240 g/mol. The molecule has 3 nitrogen and oxygen atoms in total. The van der Waals surface area contributed by atoms with E-state index in [-0.39, 0.29) is 0 Å². The lowest BCUT2D eigenvalue weighted by atomic mass is 9.89. The van der Waals surface area contributed by atoms with Gasteiger partial charge in [-0.15, -0.1) is 0 Å². The fraction of sp³-hybridized carbons (Fsp3) is 1.00. The van der Waals surface area contributed by atoms with Crippen LogP contribution in [0.15, 0.2) is 0 Å². The third kappa shape index (κ3) is 3.21. The van der Waals surface area contributed by atoms with Crippen LogP contribution in [0.3, 0.4) is 0 Å². The predicted molar refractivity (Wildman–Crippen MR) is 70.8 cm³/mol. The van der Waals surface area contributed by atoms with Crippen molar-refractivity contribution >= 4 is 0 Å². The standard InChI is InChI=1S/C14H28N2O/c15-10-12-6-2-1-3-8-14(12)16-9-5-4-7-13(16)11-17/h12-14,17H,1-11,15H2. The fourth-order valence-electron chi connectivity index (χ4n) is 3.73. The number of hydrogen-bond acceptors (Lipinski definition) is 3. The topological polar surface area (TPSA) is 49.5 Å². The molecule has 0 aromatic heterocycles. The molecular formula is C14H28N2O. The Labute approximate surface area is 105 Å². The van der Waals surface area contributed by atoms with Crippen molar-refractivity contribution in [3.8, 4) is 0 Å². The number of nitrogens with two attached hydrogens (primary N) is 1. The first-order valence-electron chi connectivity index (χ1n) is 7.43. The molecule has 0 radical (unpaired) electrons. The summed E-state index contributed by atoms with van der Waals surface area (Å²) in [6.45, 7) is 2.32. The number of aliphatic hydroxyl groups excluding tert-OH is 1. The lowest BCUT2D eigenvalue weighted by molar-refractivity contribution is 0.0274. The van der Waals surface area contributed by atoms with Crippen LogP contribution in [0.5, 0.6) is 0 Å². The zero-order valence-corrected chi connectivity index (χ0v) is 11.0. The first kappa shape index (κ1) is 13.3. The zero-order valence-electron chi connectivity index (χ0n) is 11.0. The van der Waals surface area contributed by atoms with E-state index >= 15 is 0 Å². The maximum Gasteiger partial charge on any atom is 0.0586 e. The molecule has 17 heavy (non-hydrogen) atoms. The van der Waals surface area contributed by atoms with E-state index in [2.05, 4.69) is 4.90 Å². The molecule has 0 aromatic rings. The molecule has 0 bridgehead atoms. The van der Waals surface area contributed by atoms with Crippen molar-refractivity contribution in [2.75, 3.05) is 19.7 Å². The highest BCUT2D eigenvalue weighted by Crippen LogP contribution is 2.31. The van der Waals surface area contributed by atoms with Crippen molar-refractivity contribution in [2.24, 2.45) is 11.7 Å². The highest BCUT2D eigenvalue weighted by Gasteiger charge is 2.33. The minimum atomic E-state index is 0.327. The summed E-state index contributed by atoms with van der Waals surface area (Å²) in [6, 6.07) is 1.04. The van der Waals surface area contributed by atoms with Gasteiger partial charge in [-0.05, 0) is 44.7 Å². The summed E-state index contributed by atoms with van der Waals surface area (Å²) in [5, 5.41) is 9.55. The SMILES string of the molecule is NCC1CCCCCC1N1CCCCC1CO. The van der Waals surface area contributed by atoms with Crippen molar-refractivity contribution in [3.63, 3.8) is 0 Å². The molecule has 1 aliphatic carbocycles. The van der Waals surface area contributed by atoms with Crippen molar-refractivity contribution < 1.29 is 5.11 Å². The third-order valence-corrected chi connectivity index (χ3v) is 4.73. The summed E-state index contributed by atoms with van der Waals surface area (Å²) >= 11 is 0. The average molecular weight is 240 g/mol. The summed E-state index contributed by atoms with van der Waals surface area (Å²) in [6.07, 6.45) is 10.4. The van der Waals surface area contributed by atoms with Crippen molar-refractivity contribution in [3.05, 3.63) is 0 Å². The summed E-state index contributed by atoms with van der Waals surface area (Å²) in [7, 11) is 0. The molecule has 1 aliphatic heterocycles. The Bertz CT molecular complexity index is 222. The van der Waals surface area contributed by atoms with Gasteiger partial charge in [0.05, 0.1) is 6.61 Å². The lowest BCUT2D eigenvalue weighted by Gasteiger charge is -2.43. The predicted octanol–water partition coefficient (Wildman–Crippen LogP) is 1.74. The van der Waals surface area contributed by atoms with Gasteiger partial charge in [-0.3, -0.25) is 4.90 Å². The number of piperidine rings is 1. The quantitative estimate of drug-likeness (QED) is 0.739. The molecule has 1 saturated carbocycles. The maximum absolute atomic E-state index is 9.55. The normalized spacial score (nSPS) is 36.7. The molecule has 2 fully saturated rings. The van der Waals surface area contributed by atoms with Gasteiger partial charge in [-0.2, -0.15) is 0 Å². The van der Waals surface area contributed by atoms with Gasteiger partial charge in [0.1, 0.15) is 0 Å². The summed E-state index contributed by atoms with van der Waals surface area (Å²) in [5.74, 6) is 0.657. The molecular weight excluding hydrogens is 212 g/mol. The zero-order chi connectivity index (χ0) is 12.1.